The molecule has 0 aromatic heterocycles. The molecule has 1 fully saturated rings. The molecule has 0 aliphatic carbocycles. The SMILES string of the molecule is CCC1CC(C(F)(F)F)(C(F)(F)F)C(F)(C(F)(F)F)O1. The molecule has 2 unspecified atom stereocenters. The standard InChI is InChI=1S/C9H8F10O/c1-2-4-3-5(7(11,12)13,8(14,15)16)6(10,20-4)9(17,18)19/h4H,2-3H2,1H3. The molecule has 20 heavy (non-hydrogen) atoms. The summed E-state index contributed by atoms with van der Waals surface area (Å²) in [5.41, 5.74) is -5.63. The van der Waals surface area contributed by atoms with Crippen LogP contribution in [0, 0.1) is 5.41 Å². The van der Waals surface area contributed by atoms with Crippen molar-refractivity contribution in [3.8, 4) is 0 Å². The van der Waals surface area contributed by atoms with Crippen LogP contribution in [0.15, 0.2) is 0 Å². The molecule has 1 nitrogen and oxygen atoms in total. The van der Waals surface area contributed by atoms with Gasteiger partial charge in [-0.15, -0.1) is 0 Å². The summed E-state index contributed by atoms with van der Waals surface area (Å²) in [5.74, 6) is -5.86. The molecule has 0 spiro atoms. The van der Waals surface area contributed by atoms with Crippen LogP contribution in [0.3, 0.4) is 0 Å². The Kier molecular flexibility index (Phi) is 3.79. The lowest BCUT2D eigenvalue weighted by molar-refractivity contribution is -0.450. The normalized spacial score (nSPS) is 31.6. The summed E-state index contributed by atoms with van der Waals surface area (Å²) in [7, 11) is 0. The number of halogens is 10. The molecule has 1 heterocycles. The molecule has 11 heteroatoms. The molecule has 0 aromatic carbocycles. The fraction of sp³-hybridized carbons (Fsp3) is 1.00. The first kappa shape index (κ1) is 17.3. The van der Waals surface area contributed by atoms with Gasteiger partial charge in [0.05, 0.1) is 6.10 Å². The van der Waals surface area contributed by atoms with E-state index in [0.29, 0.717) is 0 Å². The third kappa shape index (κ3) is 2.04. The molecular weight excluding hydrogens is 314 g/mol. The average molecular weight is 322 g/mol. The van der Waals surface area contributed by atoms with Crippen LogP contribution in [0.4, 0.5) is 43.9 Å². The first-order valence-electron chi connectivity index (χ1n) is 5.21. The second-order valence-electron chi connectivity index (χ2n) is 4.35. The maximum atomic E-state index is 13.8. The largest absolute Gasteiger partial charge is 0.449 e. The molecule has 0 N–H and O–H groups in total. The summed E-state index contributed by atoms with van der Waals surface area (Å²) < 4.78 is 131. The number of ether oxygens (including phenoxy) is 1. The van der Waals surface area contributed by atoms with Crippen LogP contribution in [0.1, 0.15) is 19.8 Å². The van der Waals surface area contributed by atoms with Crippen molar-refractivity contribution in [1.82, 2.24) is 0 Å². The molecule has 1 rings (SSSR count). The Morgan fingerprint density at radius 3 is 1.50 bits per heavy atom. The Hall–Kier alpha value is -0.740. The molecule has 0 aromatic rings. The molecule has 1 saturated heterocycles. The van der Waals surface area contributed by atoms with Gasteiger partial charge in [0.2, 0.25) is 5.41 Å². The number of rotatable bonds is 1. The van der Waals surface area contributed by atoms with Gasteiger partial charge in [-0.2, -0.15) is 39.5 Å². The Bertz CT molecular complexity index is 352. The number of alkyl halides is 10. The zero-order valence-corrected chi connectivity index (χ0v) is 9.68. The number of hydrogen-bond donors (Lipinski definition) is 0. The summed E-state index contributed by atoms with van der Waals surface area (Å²) in [5, 5.41) is 0. The predicted molar refractivity (Wildman–Crippen MR) is 44.2 cm³/mol. The van der Waals surface area contributed by atoms with E-state index in [9.17, 15) is 43.9 Å². The Balaban J connectivity index is 3.62. The van der Waals surface area contributed by atoms with Gasteiger partial charge in [-0.25, -0.2) is 4.39 Å². The summed E-state index contributed by atoms with van der Waals surface area (Å²) in [6.45, 7) is 0.990. The molecule has 1 aliphatic heterocycles. The van der Waals surface area contributed by atoms with E-state index in [-0.39, 0.29) is 0 Å². The summed E-state index contributed by atoms with van der Waals surface area (Å²) >= 11 is 0. The molecule has 0 saturated carbocycles. The Morgan fingerprint density at radius 1 is 0.900 bits per heavy atom. The van der Waals surface area contributed by atoms with Crippen molar-refractivity contribution in [2.45, 2.75) is 50.3 Å². The van der Waals surface area contributed by atoms with Crippen molar-refractivity contribution >= 4 is 0 Å². The topological polar surface area (TPSA) is 9.23 Å². The van der Waals surface area contributed by atoms with Crippen LogP contribution in [0.5, 0.6) is 0 Å². The summed E-state index contributed by atoms with van der Waals surface area (Å²) in [4.78, 5) is 0. The van der Waals surface area contributed by atoms with Crippen molar-refractivity contribution in [1.29, 1.82) is 0 Å². The maximum Gasteiger partial charge on any atom is 0.449 e. The molecule has 120 valence electrons. The van der Waals surface area contributed by atoms with Gasteiger partial charge in [0, 0.05) is 6.42 Å². The zero-order chi connectivity index (χ0) is 16.2. The van der Waals surface area contributed by atoms with E-state index < -0.39 is 48.7 Å². The van der Waals surface area contributed by atoms with E-state index in [2.05, 4.69) is 4.74 Å². The van der Waals surface area contributed by atoms with Gasteiger partial charge in [0.15, 0.2) is 0 Å². The van der Waals surface area contributed by atoms with E-state index >= 15 is 0 Å². The van der Waals surface area contributed by atoms with Gasteiger partial charge < -0.3 is 4.74 Å². The van der Waals surface area contributed by atoms with E-state index in [1.54, 1.807) is 0 Å². The van der Waals surface area contributed by atoms with Gasteiger partial charge in [-0.3, -0.25) is 0 Å². The molecule has 0 bridgehead atoms. The minimum absolute atomic E-state index is 0.629. The lowest BCUT2D eigenvalue weighted by atomic mass is 9.75. The first-order chi connectivity index (χ1) is 8.64. The second-order valence-corrected chi connectivity index (χ2v) is 4.35. The molecule has 1 aliphatic rings. The molecular formula is C9H8F10O. The van der Waals surface area contributed by atoms with Crippen molar-refractivity contribution in [2.24, 2.45) is 5.41 Å². The second kappa shape index (κ2) is 4.38. The first-order valence-corrected chi connectivity index (χ1v) is 5.21. The summed E-state index contributed by atoms with van der Waals surface area (Å²) in [6.07, 6.45) is -24.5. The van der Waals surface area contributed by atoms with Crippen LogP contribution >= 0.6 is 0 Å². The number of hydrogen-bond acceptors (Lipinski definition) is 1. The fourth-order valence-electron chi connectivity index (χ4n) is 2.14. The highest BCUT2D eigenvalue weighted by Crippen LogP contribution is 2.68. The predicted octanol–water partition coefficient (Wildman–Crippen LogP) is 4.52. The van der Waals surface area contributed by atoms with Gasteiger partial charge in [-0.1, -0.05) is 6.92 Å². The highest BCUT2D eigenvalue weighted by molar-refractivity contribution is 5.12. The zero-order valence-electron chi connectivity index (χ0n) is 9.68. The van der Waals surface area contributed by atoms with E-state index in [0.717, 1.165) is 6.92 Å². The molecule has 0 radical (unpaired) electrons. The van der Waals surface area contributed by atoms with Gasteiger partial charge in [-0.05, 0) is 6.42 Å². The van der Waals surface area contributed by atoms with Crippen LogP contribution in [-0.4, -0.2) is 30.5 Å². The minimum Gasteiger partial charge on any atom is -0.335 e. The van der Waals surface area contributed by atoms with Gasteiger partial charge in [0.1, 0.15) is 0 Å². The van der Waals surface area contributed by atoms with Crippen LogP contribution in [-0.2, 0) is 4.74 Å². The van der Waals surface area contributed by atoms with E-state index in [1.165, 1.54) is 0 Å². The minimum atomic E-state index is -6.51. The average Bonchev–Trinajstić information content (AvgIpc) is 2.51. The quantitative estimate of drug-likeness (QED) is 0.645. The molecule has 0 amide bonds. The van der Waals surface area contributed by atoms with Crippen molar-refractivity contribution < 1.29 is 48.6 Å². The maximum absolute atomic E-state index is 13.8. The molecule has 2 atom stereocenters. The van der Waals surface area contributed by atoms with Crippen molar-refractivity contribution in [2.75, 3.05) is 0 Å². The van der Waals surface area contributed by atoms with E-state index in [4.69, 9.17) is 0 Å². The summed E-state index contributed by atoms with van der Waals surface area (Å²) in [6, 6.07) is 0. The van der Waals surface area contributed by atoms with Gasteiger partial charge >= 0.3 is 24.4 Å². The third-order valence-corrected chi connectivity index (χ3v) is 3.20. The van der Waals surface area contributed by atoms with Crippen LogP contribution < -0.4 is 0 Å². The smallest absolute Gasteiger partial charge is 0.335 e. The lowest BCUT2D eigenvalue weighted by Gasteiger charge is -2.41. The van der Waals surface area contributed by atoms with Crippen molar-refractivity contribution in [3.05, 3.63) is 0 Å². The van der Waals surface area contributed by atoms with Crippen LogP contribution in [0.2, 0.25) is 0 Å². The monoisotopic (exact) mass is 322 g/mol. The Labute approximate surface area is 105 Å². The lowest BCUT2D eigenvalue weighted by Crippen LogP contribution is -2.65. The van der Waals surface area contributed by atoms with E-state index in [1.807, 2.05) is 0 Å². The Morgan fingerprint density at radius 2 is 1.30 bits per heavy atom. The fourth-order valence-corrected chi connectivity index (χ4v) is 2.14. The highest BCUT2D eigenvalue weighted by Gasteiger charge is 2.91. The highest BCUT2D eigenvalue weighted by atomic mass is 19.4. The third-order valence-electron chi connectivity index (χ3n) is 3.20. The van der Waals surface area contributed by atoms with Gasteiger partial charge in [0.25, 0.3) is 0 Å². The van der Waals surface area contributed by atoms with Crippen molar-refractivity contribution in [3.63, 3.8) is 0 Å². The van der Waals surface area contributed by atoms with Crippen LogP contribution in [0.25, 0.3) is 0 Å².